The number of amides is 1. The van der Waals surface area contributed by atoms with Crippen molar-refractivity contribution in [3.63, 3.8) is 0 Å². The van der Waals surface area contributed by atoms with Crippen molar-refractivity contribution in [1.29, 1.82) is 0 Å². The number of H-pyrrole nitrogens is 2. The highest BCUT2D eigenvalue weighted by atomic mass is 16.2. The van der Waals surface area contributed by atoms with Crippen LogP contribution in [0.3, 0.4) is 0 Å². The summed E-state index contributed by atoms with van der Waals surface area (Å²) in [6.07, 6.45) is 0.351. The van der Waals surface area contributed by atoms with Crippen LogP contribution in [-0.4, -0.2) is 16.1 Å². The maximum atomic E-state index is 11.5. The highest BCUT2D eigenvalue weighted by Gasteiger charge is 2.05. The molecule has 0 radical (unpaired) electrons. The fourth-order valence-corrected chi connectivity index (χ4v) is 1.51. The second-order valence-corrected chi connectivity index (χ2v) is 3.57. The van der Waals surface area contributed by atoms with Gasteiger partial charge in [0.15, 0.2) is 0 Å². The molecule has 0 fully saturated rings. The van der Waals surface area contributed by atoms with E-state index in [1.54, 1.807) is 13.0 Å². The number of aromatic amines is 2. The Bertz CT molecular complexity index is 684. The Kier molecular flexibility index (Phi) is 2.78. The Balaban J connectivity index is 2.58. The molecule has 0 aliphatic carbocycles. The van der Waals surface area contributed by atoms with Crippen LogP contribution in [0.1, 0.15) is 13.3 Å². The minimum atomic E-state index is -0.396. The summed E-state index contributed by atoms with van der Waals surface area (Å²) in [4.78, 5) is 34.1. The third-order valence-corrected chi connectivity index (χ3v) is 2.40. The van der Waals surface area contributed by atoms with E-state index in [2.05, 4.69) is 15.5 Å². The van der Waals surface area contributed by atoms with Crippen molar-refractivity contribution in [2.24, 2.45) is 0 Å². The first kappa shape index (κ1) is 11.1. The molecule has 1 aromatic carbocycles. The molecule has 17 heavy (non-hydrogen) atoms. The Morgan fingerprint density at radius 2 is 1.82 bits per heavy atom. The Labute approximate surface area is 95.7 Å². The maximum Gasteiger partial charge on any atom is 0.270 e. The number of nitrogens with one attached hydrogen (secondary N) is 3. The van der Waals surface area contributed by atoms with E-state index in [1.165, 1.54) is 12.1 Å². The summed E-state index contributed by atoms with van der Waals surface area (Å²) in [6, 6.07) is 4.58. The van der Waals surface area contributed by atoms with E-state index >= 15 is 0 Å². The molecule has 0 atom stereocenters. The van der Waals surface area contributed by atoms with Crippen molar-refractivity contribution in [2.75, 3.05) is 5.32 Å². The van der Waals surface area contributed by atoms with E-state index in [-0.39, 0.29) is 16.9 Å². The van der Waals surface area contributed by atoms with Crippen molar-refractivity contribution in [1.82, 2.24) is 10.2 Å². The van der Waals surface area contributed by atoms with Crippen molar-refractivity contribution < 1.29 is 4.79 Å². The molecule has 3 N–H and O–H groups in total. The largest absolute Gasteiger partial charge is 0.326 e. The van der Waals surface area contributed by atoms with Crippen LogP contribution in [0.15, 0.2) is 27.8 Å². The minimum absolute atomic E-state index is 0.148. The molecule has 0 saturated carbocycles. The number of fused-ring (bicyclic) bond motifs is 1. The number of anilines is 1. The summed E-state index contributed by atoms with van der Waals surface area (Å²) in [5.41, 5.74) is -0.263. The lowest BCUT2D eigenvalue weighted by Crippen LogP contribution is -2.19. The van der Waals surface area contributed by atoms with Crippen LogP contribution in [0.4, 0.5) is 5.69 Å². The van der Waals surface area contributed by atoms with Gasteiger partial charge in [-0.2, -0.15) is 0 Å². The fraction of sp³-hybridized carbons (Fsp3) is 0.182. The van der Waals surface area contributed by atoms with Crippen LogP contribution in [0.5, 0.6) is 0 Å². The van der Waals surface area contributed by atoms with Gasteiger partial charge >= 0.3 is 0 Å². The molecule has 0 aliphatic rings. The minimum Gasteiger partial charge on any atom is -0.326 e. The third-order valence-electron chi connectivity index (χ3n) is 2.40. The number of hydrogen-bond donors (Lipinski definition) is 3. The van der Waals surface area contributed by atoms with E-state index in [0.29, 0.717) is 17.5 Å². The molecule has 1 heterocycles. The Hall–Kier alpha value is -2.37. The van der Waals surface area contributed by atoms with Crippen molar-refractivity contribution in [3.05, 3.63) is 38.9 Å². The lowest BCUT2D eigenvalue weighted by molar-refractivity contribution is -0.115. The standard InChI is InChI=1S/C11H11N3O3/c1-2-9(15)12-6-3-4-7-8(5-6)11(17)14-13-10(7)16/h3-5H,2H2,1H3,(H,12,15)(H,13,16)(H,14,17). The lowest BCUT2D eigenvalue weighted by atomic mass is 10.2. The van der Waals surface area contributed by atoms with Gasteiger partial charge in [0, 0.05) is 12.1 Å². The highest BCUT2D eigenvalue weighted by Crippen LogP contribution is 2.13. The summed E-state index contributed by atoms with van der Waals surface area (Å²) in [7, 11) is 0. The average Bonchev–Trinajstić information content (AvgIpc) is 2.34. The molecular formula is C11H11N3O3. The first-order valence-electron chi connectivity index (χ1n) is 5.16. The molecule has 0 spiro atoms. The van der Waals surface area contributed by atoms with Crippen LogP contribution in [0.25, 0.3) is 10.8 Å². The molecule has 6 nitrogen and oxygen atoms in total. The van der Waals surface area contributed by atoms with Gasteiger partial charge in [0.25, 0.3) is 11.1 Å². The lowest BCUT2D eigenvalue weighted by Gasteiger charge is -2.04. The van der Waals surface area contributed by atoms with Gasteiger partial charge in [0.2, 0.25) is 5.91 Å². The number of carbonyl (C=O) groups excluding carboxylic acids is 1. The third kappa shape index (κ3) is 2.10. The monoisotopic (exact) mass is 233 g/mol. The van der Waals surface area contributed by atoms with Crippen LogP contribution < -0.4 is 16.4 Å². The van der Waals surface area contributed by atoms with E-state index < -0.39 is 5.56 Å². The summed E-state index contributed by atoms with van der Waals surface area (Å²) >= 11 is 0. The molecule has 6 heteroatoms. The second-order valence-electron chi connectivity index (χ2n) is 3.57. The first-order chi connectivity index (χ1) is 8.11. The SMILES string of the molecule is CCC(=O)Nc1ccc2c(=O)[nH][nH]c(=O)c2c1. The molecule has 1 amide bonds. The van der Waals surface area contributed by atoms with E-state index in [4.69, 9.17) is 0 Å². The predicted molar refractivity (Wildman–Crippen MR) is 64.1 cm³/mol. The summed E-state index contributed by atoms with van der Waals surface area (Å²) in [6.45, 7) is 1.73. The van der Waals surface area contributed by atoms with Gasteiger partial charge in [-0.3, -0.25) is 24.6 Å². The van der Waals surface area contributed by atoms with Crippen LogP contribution in [0, 0.1) is 0 Å². The summed E-state index contributed by atoms with van der Waals surface area (Å²) in [5.74, 6) is -0.148. The molecular weight excluding hydrogens is 222 g/mol. The quantitative estimate of drug-likeness (QED) is 0.707. The van der Waals surface area contributed by atoms with E-state index in [9.17, 15) is 14.4 Å². The van der Waals surface area contributed by atoms with Crippen LogP contribution in [-0.2, 0) is 4.79 Å². The normalized spacial score (nSPS) is 10.4. The van der Waals surface area contributed by atoms with Crippen LogP contribution in [0.2, 0.25) is 0 Å². The molecule has 2 aromatic rings. The van der Waals surface area contributed by atoms with Gasteiger partial charge in [-0.25, -0.2) is 0 Å². The first-order valence-corrected chi connectivity index (χ1v) is 5.16. The number of rotatable bonds is 2. The summed E-state index contributed by atoms with van der Waals surface area (Å²) in [5, 5.41) is 7.64. The van der Waals surface area contributed by atoms with E-state index in [0.717, 1.165) is 0 Å². The zero-order chi connectivity index (χ0) is 12.4. The van der Waals surface area contributed by atoms with E-state index in [1.807, 2.05) is 0 Å². The number of hydrogen-bond acceptors (Lipinski definition) is 3. The fourth-order valence-electron chi connectivity index (χ4n) is 1.51. The van der Waals surface area contributed by atoms with Gasteiger partial charge in [0.05, 0.1) is 10.8 Å². The van der Waals surface area contributed by atoms with Gasteiger partial charge in [0.1, 0.15) is 0 Å². The van der Waals surface area contributed by atoms with Gasteiger partial charge in [-0.15, -0.1) is 0 Å². The maximum absolute atomic E-state index is 11.5. The van der Waals surface area contributed by atoms with Crippen molar-refractivity contribution in [3.8, 4) is 0 Å². The smallest absolute Gasteiger partial charge is 0.270 e. The van der Waals surface area contributed by atoms with Crippen molar-refractivity contribution in [2.45, 2.75) is 13.3 Å². The zero-order valence-corrected chi connectivity index (χ0v) is 9.16. The molecule has 88 valence electrons. The zero-order valence-electron chi connectivity index (χ0n) is 9.16. The molecule has 0 bridgehead atoms. The molecule has 0 aliphatic heterocycles. The molecule has 0 unspecified atom stereocenters. The molecule has 1 aromatic heterocycles. The number of aromatic nitrogens is 2. The summed E-state index contributed by atoms with van der Waals surface area (Å²) < 4.78 is 0. The topological polar surface area (TPSA) is 94.8 Å². The highest BCUT2D eigenvalue weighted by molar-refractivity contribution is 5.93. The van der Waals surface area contributed by atoms with Gasteiger partial charge < -0.3 is 5.32 Å². The van der Waals surface area contributed by atoms with Gasteiger partial charge in [-0.1, -0.05) is 6.92 Å². The Morgan fingerprint density at radius 1 is 1.18 bits per heavy atom. The number of benzene rings is 1. The van der Waals surface area contributed by atoms with Gasteiger partial charge in [-0.05, 0) is 18.2 Å². The van der Waals surface area contributed by atoms with Crippen LogP contribution >= 0.6 is 0 Å². The van der Waals surface area contributed by atoms with Crippen molar-refractivity contribution >= 4 is 22.4 Å². The molecule has 2 rings (SSSR count). The average molecular weight is 233 g/mol. The number of carbonyl (C=O) groups is 1. The second kappa shape index (κ2) is 4.25. The predicted octanol–water partition coefficient (Wildman–Crippen LogP) is 0.565. The molecule has 0 saturated heterocycles. The Morgan fingerprint density at radius 3 is 2.47 bits per heavy atom.